The van der Waals surface area contributed by atoms with Crippen LogP contribution in [0.4, 0.5) is 5.69 Å². The van der Waals surface area contributed by atoms with Gasteiger partial charge in [0.05, 0.1) is 12.0 Å². The monoisotopic (exact) mass is 433 g/mol. The predicted molar refractivity (Wildman–Crippen MR) is 108 cm³/mol. The Balaban J connectivity index is 1.74. The van der Waals surface area contributed by atoms with E-state index >= 15 is 0 Å². The second kappa shape index (κ2) is 9.35. The molecule has 5 nitrogen and oxygen atoms in total. The lowest BCUT2D eigenvalue weighted by molar-refractivity contribution is -0.125. The van der Waals surface area contributed by atoms with E-state index in [9.17, 15) is 4.79 Å². The molecule has 1 fully saturated rings. The van der Waals surface area contributed by atoms with E-state index in [4.69, 9.17) is 14.2 Å². The average Bonchev–Trinajstić information content (AvgIpc) is 2.70. The highest BCUT2D eigenvalue weighted by Crippen LogP contribution is 2.36. The van der Waals surface area contributed by atoms with E-state index in [1.165, 1.54) is 0 Å². The van der Waals surface area contributed by atoms with E-state index in [0.717, 1.165) is 21.5 Å². The molecule has 0 saturated carbocycles. The van der Waals surface area contributed by atoms with Crippen molar-refractivity contribution in [1.29, 1.82) is 0 Å². The SMILES string of the molecule is COCCOc1ccc(NC(=O)C2(c3ccc(Br)cc3)CCOCC2)cc1. The van der Waals surface area contributed by atoms with Gasteiger partial charge in [0.1, 0.15) is 12.4 Å². The van der Waals surface area contributed by atoms with Gasteiger partial charge in [0.2, 0.25) is 5.91 Å². The molecule has 144 valence electrons. The number of hydrogen-bond donors (Lipinski definition) is 1. The Kier molecular flexibility index (Phi) is 6.88. The van der Waals surface area contributed by atoms with Crippen molar-refractivity contribution in [2.24, 2.45) is 0 Å². The van der Waals surface area contributed by atoms with E-state index in [-0.39, 0.29) is 5.91 Å². The molecule has 0 spiro atoms. The summed E-state index contributed by atoms with van der Waals surface area (Å²) >= 11 is 3.46. The molecule has 2 aromatic rings. The summed E-state index contributed by atoms with van der Waals surface area (Å²) in [6, 6.07) is 15.4. The van der Waals surface area contributed by atoms with Crippen LogP contribution in [0.15, 0.2) is 53.0 Å². The van der Waals surface area contributed by atoms with Crippen LogP contribution >= 0.6 is 15.9 Å². The van der Waals surface area contributed by atoms with Crippen molar-refractivity contribution in [2.45, 2.75) is 18.3 Å². The molecule has 1 aliphatic rings. The largest absolute Gasteiger partial charge is 0.491 e. The van der Waals surface area contributed by atoms with Gasteiger partial charge < -0.3 is 19.5 Å². The van der Waals surface area contributed by atoms with E-state index in [0.29, 0.717) is 39.3 Å². The topological polar surface area (TPSA) is 56.8 Å². The highest BCUT2D eigenvalue weighted by Gasteiger charge is 2.41. The third kappa shape index (κ3) is 4.89. The zero-order valence-corrected chi connectivity index (χ0v) is 17.0. The molecule has 0 bridgehead atoms. The number of anilines is 1. The summed E-state index contributed by atoms with van der Waals surface area (Å²) in [7, 11) is 1.64. The average molecular weight is 434 g/mol. The summed E-state index contributed by atoms with van der Waals surface area (Å²) in [5, 5.41) is 3.07. The number of carbonyl (C=O) groups is 1. The van der Waals surface area contributed by atoms with Crippen molar-refractivity contribution in [2.75, 3.05) is 38.9 Å². The van der Waals surface area contributed by atoms with Gasteiger partial charge in [0, 0.05) is 30.5 Å². The summed E-state index contributed by atoms with van der Waals surface area (Å²) in [5.41, 5.74) is 1.19. The van der Waals surface area contributed by atoms with Crippen LogP contribution in [0.1, 0.15) is 18.4 Å². The summed E-state index contributed by atoms with van der Waals surface area (Å²) in [6.07, 6.45) is 1.33. The van der Waals surface area contributed by atoms with Crippen molar-refractivity contribution in [3.8, 4) is 5.75 Å². The molecule has 1 saturated heterocycles. The zero-order valence-electron chi connectivity index (χ0n) is 15.4. The number of rotatable bonds is 7. The van der Waals surface area contributed by atoms with Gasteiger partial charge in [-0.25, -0.2) is 0 Å². The van der Waals surface area contributed by atoms with E-state index < -0.39 is 5.41 Å². The predicted octanol–water partition coefficient (Wildman–Crippen LogP) is 4.16. The molecular weight excluding hydrogens is 410 g/mol. The first kappa shape index (κ1) is 19.9. The van der Waals surface area contributed by atoms with Gasteiger partial charge in [-0.3, -0.25) is 4.79 Å². The van der Waals surface area contributed by atoms with Crippen molar-refractivity contribution in [3.05, 3.63) is 58.6 Å². The number of halogens is 1. The van der Waals surface area contributed by atoms with Crippen LogP contribution in [-0.4, -0.2) is 39.4 Å². The Morgan fingerprint density at radius 3 is 2.37 bits per heavy atom. The number of benzene rings is 2. The Bertz CT molecular complexity index is 740. The second-order valence-corrected chi connectivity index (χ2v) is 7.44. The lowest BCUT2D eigenvalue weighted by Gasteiger charge is -2.36. The van der Waals surface area contributed by atoms with Gasteiger partial charge in [-0.1, -0.05) is 28.1 Å². The molecule has 0 radical (unpaired) electrons. The van der Waals surface area contributed by atoms with E-state index in [1.807, 2.05) is 48.5 Å². The first-order valence-corrected chi connectivity index (χ1v) is 9.80. The third-order valence-electron chi connectivity index (χ3n) is 4.85. The molecule has 6 heteroatoms. The maximum atomic E-state index is 13.2. The highest BCUT2D eigenvalue weighted by atomic mass is 79.9. The fraction of sp³-hybridized carbons (Fsp3) is 0.381. The normalized spacial score (nSPS) is 15.9. The van der Waals surface area contributed by atoms with Crippen molar-refractivity contribution >= 4 is 27.5 Å². The highest BCUT2D eigenvalue weighted by molar-refractivity contribution is 9.10. The molecule has 0 atom stereocenters. The standard InChI is InChI=1S/C21H24BrNO4/c1-25-14-15-27-19-8-6-18(7-9-19)23-20(24)21(10-12-26-13-11-21)16-2-4-17(22)5-3-16/h2-9H,10-15H2,1H3,(H,23,24). The Morgan fingerprint density at radius 1 is 1.07 bits per heavy atom. The molecular formula is C21H24BrNO4. The molecule has 1 aliphatic heterocycles. The number of methoxy groups -OCH3 is 1. The molecule has 27 heavy (non-hydrogen) atoms. The summed E-state index contributed by atoms with van der Waals surface area (Å²) in [5.74, 6) is 0.750. The molecule has 0 aliphatic carbocycles. The lowest BCUT2D eigenvalue weighted by Crippen LogP contribution is -2.44. The smallest absolute Gasteiger partial charge is 0.235 e. The number of nitrogens with one attached hydrogen (secondary N) is 1. The van der Waals surface area contributed by atoms with E-state index in [2.05, 4.69) is 21.2 Å². The lowest BCUT2D eigenvalue weighted by atomic mass is 9.73. The molecule has 2 aromatic carbocycles. The van der Waals surface area contributed by atoms with Crippen LogP contribution < -0.4 is 10.1 Å². The maximum absolute atomic E-state index is 13.2. The van der Waals surface area contributed by atoms with Crippen LogP contribution in [0.5, 0.6) is 5.75 Å². The quantitative estimate of drug-likeness (QED) is 0.665. The third-order valence-corrected chi connectivity index (χ3v) is 5.37. The first-order chi connectivity index (χ1) is 13.1. The minimum atomic E-state index is -0.577. The molecule has 3 rings (SSSR count). The molecule has 1 heterocycles. The van der Waals surface area contributed by atoms with Crippen molar-refractivity contribution in [1.82, 2.24) is 0 Å². The Labute approximate surface area is 168 Å². The minimum Gasteiger partial charge on any atom is -0.491 e. The molecule has 1 N–H and O–H groups in total. The van der Waals surface area contributed by atoms with Gasteiger partial charge in [0.15, 0.2) is 0 Å². The van der Waals surface area contributed by atoms with Crippen LogP contribution in [0.3, 0.4) is 0 Å². The molecule has 1 amide bonds. The molecule has 0 unspecified atom stereocenters. The minimum absolute atomic E-state index is 0.00109. The van der Waals surface area contributed by atoms with Crippen molar-refractivity contribution < 1.29 is 19.0 Å². The second-order valence-electron chi connectivity index (χ2n) is 6.52. The Hall–Kier alpha value is -1.89. The Morgan fingerprint density at radius 2 is 1.74 bits per heavy atom. The van der Waals surface area contributed by atoms with Gasteiger partial charge in [-0.05, 0) is 54.8 Å². The fourth-order valence-corrected chi connectivity index (χ4v) is 3.53. The van der Waals surface area contributed by atoms with Crippen LogP contribution in [0, 0.1) is 0 Å². The van der Waals surface area contributed by atoms with Gasteiger partial charge in [-0.2, -0.15) is 0 Å². The summed E-state index contributed by atoms with van der Waals surface area (Å²) < 4.78 is 17.1. The summed E-state index contributed by atoms with van der Waals surface area (Å²) in [4.78, 5) is 13.2. The molecule has 0 aromatic heterocycles. The van der Waals surface area contributed by atoms with Gasteiger partial charge >= 0.3 is 0 Å². The van der Waals surface area contributed by atoms with Gasteiger partial charge in [0.25, 0.3) is 0 Å². The fourth-order valence-electron chi connectivity index (χ4n) is 3.26. The van der Waals surface area contributed by atoms with Gasteiger partial charge in [-0.15, -0.1) is 0 Å². The number of ether oxygens (including phenoxy) is 3. The number of amides is 1. The maximum Gasteiger partial charge on any atom is 0.235 e. The number of carbonyl (C=O) groups excluding carboxylic acids is 1. The first-order valence-electron chi connectivity index (χ1n) is 9.01. The van der Waals surface area contributed by atoms with E-state index in [1.54, 1.807) is 7.11 Å². The van der Waals surface area contributed by atoms with Crippen LogP contribution in [0.2, 0.25) is 0 Å². The van der Waals surface area contributed by atoms with Crippen LogP contribution in [0.25, 0.3) is 0 Å². The van der Waals surface area contributed by atoms with Crippen LogP contribution in [-0.2, 0) is 19.7 Å². The summed E-state index contributed by atoms with van der Waals surface area (Å²) in [6.45, 7) is 2.19. The van der Waals surface area contributed by atoms with Crippen molar-refractivity contribution in [3.63, 3.8) is 0 Å². The zero-order chi connectivity index (χ0) is 19.1. The number of hydrogen-bond acceptors (Lipinski definition) is 4.